The van der Waals surface area contributed by atoms with Crippen LogP contribution in [0.3, 0.4) is 0 Å². The second-order valence-electron chi connectivity index (χ2n) is 4.46. The van der Waals surface area contributed by atoms with E-state index in [9.17, 15) is 18.4 Å². The van der Waals surface area contributed by atoms with Gasteiger partial charge in [0, 0.05) is 11.1 Å². The van der Waals surface area contributed by atoms with Crippen molar-refractivity contribution in [2.24, 2.45) is 0 Å². The van der Waals surface area contributed by atoms with Gasteiger partial charge >= 0.3 is 0 Å². The first-order valence-corrected chi connectivity index (χ1v) is 6.51. The van der Waals surface area contributed by atoms with E-state index >= 15 is 0 Å². The summed E-state index contributed by atoms with van der Waals surface area (Å²) in [5, 5.41) is 0. The largest absolute Gasteiger partial charge is 0.289 e. The van der Waals surface area contributed by atoms with E-state index < -0.39 is 11.6 Å². The number of carbonyl (C=O) groups is 2. The highest BCUT2D eigenvalue weighted by Crippen LogP contribution is 2.06. The first-order valence-electron chi connectivity index (χ1n) is 6.51. The molecule has 0 N–H and O–H groups in total. The van der Waals surface area contributed by atoms with Crippen LogP contribution in [0.2, 0.25) is 0 Å². The van der Waals surface area contributed by atoms with E-state index in [0.29, 0.717) is 11.1 Å². The molecule has 0 aromatic heterocycles. The van der Waals surface area contributed by atoms with Crippen LogP contribution in [0.4, 0.5) is 8.78 Å². The Balaban J connectivity index is 1.96. The third-order valence-electron chi connectivity index (χ3n) is 2.86. The summed E-state index contributed by atoms with van der Waals surface area (Å²) in [5.41, 5.74) is 0.715. The van der Waals surface area contributed by atoms with Gasteiger partial charge in [-0.05, 0) is 60.7 Å². The average Bonchev–Trinajstić information content (AvgIpc) is 2.52. The predicted octanol–water partition coefficient (Wildman–Crippen LogP) is 4.14. The molecule has 0 aliphatic rings. The maximum atomic E-state index is 12.7. The molecule has 4 heteroatoms. The van der Waals surface area contributed by atoms with Crippen LogP contribution in [0.1, 0.15) is 20.7 Å². The maximum absolute atomic E-state index is 12.7. The Morgan fingerprint density at radius 2 is 0.955 bits per heavy atom. The molecule has 2 aromatic carbocycles. The Labute approximate surface area is 126 Å². The number of carbonyl (C=O) groups excluding carboxylic acids is 2. The zero-order chi connectivity index (χ0) is 15.9. The van der Waals surface area contributed by atoms with Crippen molar-refractivity contribution in [3.05, 3.63) is 95.6 Å². The number of ketones is 2. The summed E-state index contributed by atoms with van der Waals surface area (Å²) < 4.78 is 25.5. The molecule has 22 heavy (non-hydrogen) atoms. The summed E-state index contributed by atoms with van der Waals surface area (Å²) in [6.07, 6.45) is 5.41. The SMILES string of the molecule is O=C(/C=C/C=C/C(=O)c1ccc(F)cc1)c1ccc(F)cc1. The van der Waals surface area contributed by atoms with E-state index in [1.54, 1.807) is 0 Å². The standard InChI is InChI=1S/C18H12F2O2/c19-15-9-5-13(6-10-15)17(21)3-1-2-4-18(22)14-7-11-16(20)12-8-14/h1-12H/b3-1+,4-2+. The van der Waals surface area contributed by atoms with Crippen LogP contribution in [0.5, 0.6) is 0 Å². The number of halogens is 2. The van der Waals surface area contributed by atoms with Crippen molar-refractivity contribution < 1.29 is 18.4 Å². The second-order valence-corrected chi connectivity index (χ2v) is 4.46. The van der Waals surface area contributed by atoms with Crippen LogP contribution in [0, 0.1) is 11.6 Å². The normalized spacial score (nSPS) is 11.2. The van der Waals surface area contributed by atoms with Crippen LogP contribution < -0.4 is 0 Å². The minimum atomic E-state index is -0.412. The molecule has 0 radical (unpaired) electrons. The Kier molecular flexibility index (Phi) is 5.09. The lowest BCUT2D eigenvalue weighted by Crippen LogP contribution is -1.94. The molecule has 110 valence electrons. The van der Waals surface area contributed by atoms with Gasteiger partial charge in [-0.2, -0.15) is 0 Å². The molecule has 0 saturated heterocycles. The van der Waals surface area contributed by atoms with Gasteiger partial charge in [0.15, 0.2) is 11.6 Å². The predicted molar refractivity (Wildman–Crippen MR) is 79.7 cm³/mol. The van der Waals surface area contributed by atoms with Crippen molar-refractivity contribution >= 4 is 11.6 Å². The number of hydrogen-bond donors (Lipinski definition) is 0. The summed E-state index contributed by atoms with van der Waals surface area (Å²) >= 11 is 0. The summed E-state index contributed by atoms with van der Waals surface area (Å²) in [4.78, 5) is 23.5. The van der Waals surface area contributed by atoms with E-state index in [2.05, 4.69) is 0 Å². The summed E-state index contributed by atoms with van der Waals surface area (Å²) in [5.74, 6) is -1.41. The molecule has 0 fully saturated rings. The smallest absolute Gasteiger partial charge is 0.185 e. The number of hydrogen-bond acceptors (Lipinski definition) is 2. The van der Waals surface area contributed by atoms with E-state index in [1.807, 2.05) is 0 Å². The second kappa shape index (κ2) is 7.22. The van der Waals surface area contributed by atoms with Crippen LogP contribution in [0.25, 0.3) is 0 Å². The molecule has 0 spiro atoms. The van der Waals surface area contributed by atoms with Gasteiger partial charge in [-0.1, -0.05) is 12.2 Å². The van der Waals surface area contributed by atoms with Crippen molar-refractivity contribution in [1.29, 1.82) is 0 Å². The zero-order valence-electron chi connectivity index (χ0n) is 11.5. The van der Waals surface area contributed by atoms with Crippen LogP contribution in [0.15, 0.2) is 72.8 Å². The van der Waals surface area contributed by atoms with E-state index in [4.69, 9.17) is 0 Å². The van der Waals surface area contributed by atoms with Crippen molar-refractivity contribution in [2.75, 3.05) is 0 Å². The first kappa shape index (κ1) is 15.5. The lowest BCUT2D eigenvalue weighted by molar-refractivity contribution is 0.103. The van der Waals surface area contributed by atoms with Crippen LogP contribution >= 0.6 is 0 Å². The van der Waals surface area contributed by atoms with E-state index in [0.717, 1.165) is 0 Å². The molecule has 2 nitrogen and oxygen atoms in total. The molecule has 0 bridgehead atoms. The summed E-state index contributed by atoms with van der Waals surface area (Å²) in [6.45, 7) is 0. The maximum Gasteiger partial charge on any atom is 0.185 e. The zero-order valence-corrected chi connectivity index (χ0v) is 11.5. The minimum absolute atomic E-state index is 0.293. The van der Waals surface area contributed by atoms with Gasteiger partial charge in [-0.15, -0.1) is 0 Å². The topological polar surface area (TPSA) is 34.1 Å². The molecule has 0 heterocycles. The molecular formula is C18H12F2O2. The Morgan fingerprint density at radius 3 is 1.27 bits per heavy atom. The monoisotopic (exact) mass is 298 g/mol. The first-order chi connectivity index (χ1) is 10.6. The van der Waals surface area contributed by atoms with E-state index in [1.165, 1.54) is 72.8 Å². The Hall–Kier alpha value is -2.88. The summed E-state index contributed by atoms with van der Waals surface area (Å²) in [6, 6.07) is 10.4. The third kappa shape index (κ3) is 4.31. The summed E-state index contributed by atoms with van der Waals surface area (Å²) in [7, 11) is 0. The number of rotatable bonds is 5. The quantitative estimate of drug-likeness (QED) is 0.472. The van der Waals surface area contributed by atoms with Crippen molar-refractivity contribution in [1.82, 2.24) is 0 Å². The van der Waals surface area contributed by atoms with Crippen molar-refractivity contribution in [3.8, 4) is 0 Å². The molecule has 2 aromatic rings. The molecule has 0 atom stereocenters. The highest BCUT2D eigenvalue weighted by molar-refractivity contribution is 6.06. The van der Waals surface area contributed by atoms with Gasteiger partial charge in [-0.3, -0.25) is 9.59 Å². The van der Waals surface area contributed by atoms with Gasteiger partial charge in [0.25, 0.3) is 0 Å². The lowest BCUT2D eigenvalue weighted by Gasteiger charge is -1.95. The van der Waals surface area contributed by atoms with Crippen LogP contribution in [-0.4, -0.2) is 11.6 Å². The number of allylic oxidation sites excluding steroid dienone is 4. The molecule has 0 amide bonds. The highest BCUT2D eigenvalue weighted by atomic mass is 19.1. The Bertz CT molecular complexity index is 661. The van der Waals surface area contributed by atoms with Crippen molar-refractivity contribution in [2.45, 2.75) is 0 Å². The van der Waals surface area contributed by atoms with Gasteiger partial charge in [0.05, 0.1) is 0 Å². The fourth-order valence-corrected chi connectivity index (χ4v) is 1.71. The third-order valence-corrected chi connectivity index (χ3v) is 2.86. The Morgan fingerprint density at radius 1 is 0.636 bits per heavy atom. The molecule has 2 rings (SSSR count). The molecule has 0 aliphatic heterocycles. The molecule has 0 unspecified atom stereocenters. The molecule has 0 aliphatic carbocycles. The van der Waals surface area contributed by atoms with Gasteiger partial charge in [-0.25, -0.2) is 8.78 Å². The van der Waals surface area contributed by atoms with Gasteiger partial charge in [0.1, 0.15) is 11.6 Å². The molecular weight excluding hydrogens is 286 g/mol. The molecule has 0 saturated carbocycles. The van der Waals surface area contributed by atoms with Crippen LogP contribution in [-0.2, 0) is 0 Å². The van der Waals surface area contributed by atoms with Gasteiger partial charge < -0.3 is 0 Å². The van der Waals surface area contributed by atoms with Crippen molar-refractivity contribution in [3.63, 3.8) is 0 Å². The fourth-order valence-electron chi connectivity index (χ4n) is 1.71. The average molecular weight is 298 g/mol. The van der Waals surface area contributed by atoms with Gasteiger partial charge in [0.2, 0.25) is 0 Å². The minimum Gasteiger partial charge on any atom is -0.289 e. The highest BCUT2D eigenvalue weighted by Gasteiger charge is 2.02. The number of benzene rings is 2. The fraction of sp³-hybridized carbons (Fsp3) is 0. The van der Waals surface area contributed by atoms with E-state index in [-0.39, 0.29) is 11.6 Å². The lowest BCUT2D eigenvalue weighted by atomic mass is 10.1.